The maximum Gasteiger partial charge on any atom is 0.412 e. The quantitative estimate of drug-likeness (QED) is 0.536. The lowest BCUT2D eigenvalue weighted by Crippen LogP contribution is -2.47. The molecule has 1 aromatic carbocycles. The van der Waals surface area contributed by atoms with Gasteiger partial charge in [0.05, 0.1) is 23.4 Å². The number of hydrogen-bond acceptors (Lipinski definition) is 8. The summed E-state index contributed by atoms with van der Waals surface area (Å²) in [5.41, 5.74) is 1.16. The minimum atomic E-state index is -3.29. The number of likely N-dealkylation sites (tertiary alicyclic amines) is 1. The SMILES string of the molecule is CC(C)COC(=O)N1CCCCC1Oc1ncnc2c1cnn2-c1ccc(S(C)(=O)=O)cc1. The van der Waals surface area contributed by atoms with E-state index in [-0.39, 0.29) is 16.9 Å². The summed E-state index contributed by atoms with van der Waals surface area (Å²) in [5.74, 6) is 0.574. The Morgan fingerprint density at radius 2 is 1.94 bits per heavy atom. The zero-order chi connectivity index (χ0) is 23.6. The number of rotatable bonds is 6. The number of nitrogens with zero attached hydrogens (tertiary/aromatic N) is 5. The topological polar surface area (TPSA) is 117 Å². The molecule has 1 atom stereocenters. The summed E-state index contributed by atoms with van der Waals surface area (Å²) in [4.78, 5) is 23.0. The molecule has 11 heteroatoms. The maximum absolute atomic E-state index is 12.6. The van der Waals surface area contributed by atoms with Crippen molar-refractivity contribution in [1.29, 1.82) is 0 Å². The number of piperidine rings is 1. The van der Waals surface area contributed by atoms with Crippen molar-refractivity contribution in [3.8, 4) is 11.6 Å². The number of amides is 1. The van der Waals surface area contributed by atoms with E-state index in [1.165, 1.54) is 18.5 Å². The Labute approximate surface area is 192 Å². The minimum absolute atomic E-state index is 0.225. The van der Waals surface area contributed by atoms with E-state index in [9.17, 15) is 13.2 Å². The molecule has 176 valence electrons. The van der Waals surface area contributed by atoms with Gasteiger partial charge in [-0.2, -0.15) is 5.10 Å². The summed E-state index contributed by atoms with van der Waals surface area (Å²) in [6.45, 7) is 4.88. The van der Waals surface area contributed by atoms with Crippen molar-refractivity contribution in [2.24, 2.45) is 5.92 Å². The first-order chi connectivity index (χ1) is 15.7. The molecule has 1 saturated heterocycles. The second kappa shape index (κ2) is 9.34. The van der Waals surface area contributed by atoms with Crippen LogP contribution >= 0.6 is 0 Å². The molecule has 3 heterocycles. The number of ether oxygens (including phenoxy) is 2. The third-order valence-electron chi connectivity index (χ3n) is 5.31. The second-order valence-corrected chi connectivity index (χ2v) is 10.5. The Hall–Kier alpha value is -3.21. The standard InChI is InChI=1S/C22H27N5O5S/c1-15(2)13-31-22(28)26-11-5-4-6-19(26)32-21-18-12-25-27(20(18)23-14-24-21)16-7-9-17(10-8-16)33(3,29)30/h7-10,12,14-15,19H,4-6,11,13H2,1-3H3. The second-order valence-electron chi connectivity index (χ2n) is 8.47. The molecule has 1 unspecified atom stereocenters. The van der Waals surface area contributed by atoms with Crippen LogP contribution in [0.3, 0.4) is 0 Å². The highest BCUT2D eigenvalue weighted by Gasteiger charge is 2.30. The van der Waals surface area contributed by atoms with Gasteiger partial charge in [-0.05, 0) is 43.0 Å². The number of aromatic nitrogens is 4. The molecule has 0 N–H and O–H groups in total. The average Bonchev–Trinajstić information content (AvgIpc) is 3.22. The Morgan fingerprint density at radius 1 is 1.18 bits per heavy atom. The van der Waals surface area contributed by atoms with Crippen LogP contribution in [0, 0.1) is 5.92 Å². The first kappa shape index (κ1) is 23.0. The van der Waals surface area contributed by atoms with Gasteiger partial charge >= 0.3 is 6.09 Å². The third kappa shape index (κ3) is 5.08. The predicted octanol–water partition coefficient (Wildman–Crippen LogP) is 3.20. The number of benzene rings is 1. The van der Waals surface area contributed by atoms with E-state index >= 15 is 0 Å². The fourth-order valence-electron chi connectivity index (χ4n) is 3.62. The number of sulfone groups is 1. The summed E-state index contributed by atoms with van der Waals surface area (Å²) < 4.78 is 36.6. The van der Waals surface area contributed by atoms with Gasteiger partial charge in [0.2, 0.25) is 5.88 Å². The Bertz CT molecular complexity index is 1240. The van der Waals surface area contributed by atoms with Crippen molar-refractivity contribution in [3.05, 3.63) is 36.8 Å². The van der Waals surface area contributed by atoms with Crippen LogP contribution in [0.5, 0.6) is 5.88 Å². The van der Waals surface area contributed by atoms with Crippen molar-refractivity contribution in [3.63, 3.8) is 0 Å². The highest BCUT2D eigenvalue weighted by atomic mass is 32.2. The molecule has 1 amide bonds. The number of hydrogen-bond donors (Lipinski definition) is 0. The van der Waals surface area contributed by atoms with E-state index in [0.29, 0.717) is 42.2 Å². The molecule has 1 aliphatic rings. The smallest absolute Gasteiger partial charge is 0.412 e. The molecular formula is C22H27N5O5S. The van der Waals surface area contributed by atoms with E-state index in [2.05, 4.69) is 15.1 Å². The summed E-state index contributed by atoms with van der Waals surface area (Å²) in [5, 5.41) is 4.98. The summed E-state index contributed by atoms with van der Waals surface area (Å²) in [6, 6.07) is 6.39. The molecule has 33 heavy (non-hydrogen) atoms. The molecule has 0 bridgehead atoms. The van der Waals surface area contributed by atoms with Crippen molar-refractivity contribution in [2.45, 2.75) is 44.2 Å². The molecular weight excluding hydrogens is 446 g/mol. The summed E-state index contributed by atoms with van der Waals surface area (Å²) in [6.07, 6.45) is 5.74. The highest BCUT2D eigenvalue weighted by molar-refractivity contribution is 7.90. The number of fused-ring (bicyclic) bond motifs is 1. The third-order valence-corrected chi connectivity index (χ3v) is 6.44. The Morgan fingerprint density at radius 3 is 2.64 bits per heavy atom. The van der Waals surface area contributed by atoms with Crippen LogP contribution in [0.1, 0.15) is 33.1 Å². The first-order valence-electron chi connectivity index (χ1n) is 10.8. The van der Waals surface area contributed by atoms with Gasteiger partial charge in [0.1, 0.15) is 11.7 Å². The van der Waals surface area contributed by atoms with Crippen molar-refractivity contribution in [1.82, 2.24) is 24.6 Å². The first-order valence-corrected chi connectivity index (χ1v) is 12.7. The molecule has 0 saturated carbocycles. The normalized spacial score (nSPS) is 16.8. The summed E-state index contributed by atoms with van der Waals surface area (Å²) in [7, 11) is -3.29. The highest BCUT2D eigenvalue weighted by Crippen LogP contribution is 2.28. The molecule has 0 aliphatic carbocycles. The molecule has 0 radical (unpaired) electrons. The maximum atomic E-state index is 12.6. The van der Waals surface area contributed by atoms with E-state index < -0.39 is 16.1 Å². The molecule has 2 aromatic heterocycles. The van der Waals surface area contributed by atoms with Gasteiger partial charge in [0.25, 0.3) is 0 Å². The van der Waals surface area contributed by atoms with Gasteiger partial charge in [-0.15, -0.1) is 0 Å². The van der Waals surface area contributed by atoms with Crippen molar-refractivity contribution < 1.29 is 22.7 Å². The van der Waals surface area contributed by atoms with Crippen molar-refractivity contribution >= 4 is 27.0 Å². The fraction of sp³-hybridized carbons (Fsp3) is 0.455. The van der Waals surface area contributed by atoms with Crippen LogP contribution < -0.4 is 4.74 Å². The minimum Gasteiger partial charge on any atom is -0.453 e. The molecule has 10 nitrogen and oxygen atoms in total. The molecule has 4 rings (SSSR count). The molecule has 1 fully saturated rings. The molecule has 0 spiro atoms. The van der Waals surface area contributed by atoms with E-state index in [1.54, 1.807) is 27.9 Å². The van der Waals surface area contributed by atoms with Crippen LogP contribution in [-0.2, 0) is 14.6 Å². The Balaban J connectivity index is 1.59. The average molecular weight is 474 g/mol. The van der Waals surface area contributed by atoms with Gasteiger partial charge in [0, 0.05) is 19.2 Å². The van der Waals surface area contributed by atoms with Gasteiger partial charge in [-0.3, -0.25) is 4.90 Å². The zero-order valence-corrected chi connectivity index (χ0v) is 19.7. The largest absolute Gasteiger partial charge is 0.453 e. The van der Waals surface area contributed by atoms with Gasteiger partial charge < -0.3 is 9.47 Å². The van der Waals surface area contributed by atoms with E-state index in [4.69, 9.17) is 9.47 Å². The molecule has 1 aliphatic heterocycles. The van der Waals surface area contributed by atoms with Crippen LogP contribution in [0.2, 0.25) is 0 Å². The lowest BCUT2D eigenvalue weighted by molar-refractivity contribution is -0.0102. The van der Waals surface area contributed by atoms with Crippen LogP contribution in [0.15, 0.2) is 41.7 Å². The van der Waals surface area contributed by atoms with Crippen LogP contribution in [0.25, 0.3) is 16.7 Å². The van der Waals surface area contributed by atoms with E-state index in [1.807, 2.05) is 13.8 Å². The summed E-state index contributed by atoms with van der Waals surface area (Å²) >= 11 is 0. The lowest BCUT2D eigenvalue weighted by Gasteiger charge is -2.34. The van der Waals surface area contributed by atoms with Gasteiger partial charge in [-0.25, -0.2) is 27.9 Å². The zero-order valence-electron chi connectivity index (χ0n) is 18.8. The Kier molecular flexibility index (Phi) is 6.50. The predicted molar refractivity (Wildman–Crippen MR) is 121 cm³/mol. The van der Waals surface area contributed by atoms with Gasteiger partial charge in [-0.1, -0.05) is 13.8 Å². The lowest BCUT2D eigenvalue weighted by atomic mass is 10.1. The van der Waals surface area contributed by atoms with Crippen LogP contribution in [0.4, 0.5) is 4.79 Å². The molecule has 3 aromatic rings. The van der Waals surface area contributed by atoms with E-state index in [0.717, 1.165) is 19.1 Å². The van der Waals surface area contributed by atoms with Crippen molar-refractivity contribution in [2.75, 3.05) is 19.4 Å². The number of carbonyl (C=O) groups excluding carboxylic acids is 1. The number of carbonyl (C=O) groups is 1. The fourth-order valence-corrected chi connectivity index (χ4v) is 4.25. The monoisotopic (exact) mass is 473 g/mol. The van der Waals surface area contributed by atoms with Crippen LogP contribution in [-0.4, -0.2) is 64.8 Å². The van der Waals surface area contributed by atoms with Gasteiger partial charge in [0.15, 0.2) is 21.7 Å².